The van der Waals surface area contributed by atoms with Gasteiger partial charge in [-0.1, -0.05) is 0 Å². The number of amides is 2. The van der Waals surface area contributed by atoms with Gasteiger partial charge in [0.1, 0.15) is 0 Å². The third-order valence-corrected chi connectivity index (χ3v) is 6.28. The number of ether oxygens (including phenoxy) is 1. The summed E-state index contributed by atoms with van der Waals surface area (Å²) >= 11 is 0. The summed E-state index contributed by atoms with van der Waals surface area (Å²) in [5.41, 5.74) is 2.46. The van der Waals surface area contributed by atoms with E-state index in [1.807, 2.05) is 12.1 Å². The molecule has 8 nitrogen and oxygen atoms in total. The van der Waals surface area contributed by atoms with Crippen LogP contribution < -0.4 is 10.6 Å². The monoisotopic (exact) mass is 438 g/mol. The first-order valence-electron chi connectivity index (χ1n) is 10.6. The lowest BCUT2D eigenvalue weighted by atomic mass is 10.0. The number of nitrogens with one attached hydrogen (secondary N) is 3. The second-order valence-corrected chi connectivity index (χ2v) is 8.51. The Bertz CT molecular complexity index is 972. The molecule has 0 aliphatic carbocycles. The number of nitrogens with zero attached hydrogens (tertiary/aromatic N) is 3. The Morgan fingerprint density at radius 3 is 2.81 bits per heavy atom. The molecule has 0 radical (unpaired) electrons. The van der Waals surface area contributed by atoms with Gasteiger partial charge < -0.3 is 20.3 Å². The number of likely N-dealkylation sites (tertiary alicyclic amines) is 1. The number of aromatic nitrogens is 2. The summed E-state index contributed by atoms with van der Waals surface area (Å²) in [4.78, 5) is 15.7. The molecule has 0 saturated carbocycles. The molecule has 1 aromatic carbocycles. The summed E-state index contributed by atoms with van der Waals surface area (Å²) < 4.78 is 43.6. The number of anilines is 2. The summed E-state index contributed by atoms with van der Waals surface area (Å²) in [5.74, 6) is 0.769. The molecule has 0 bridgehead atoms. The van der Waals surface area contributed by atoms with Crippen molar-refractivity contribution in [2.45, 2.75) is 44.1 Å². The van der Waals surface area contributed by atoms with Crippen LogP contribution in [0.2, 0.25) is 0 Å². The first kappa shape index (κ1) is 20.4. The van der Waals surface area contributed by atoms with Crippen LogP contribution in [0.4, 0.5) is 29.5 Å². The molecule has 4 heterocycles. The molecule has 2 saturated heterocycles. The van der Waals surface area contributed by atoms with Gasteiger partial charge in [0.2, 0.25) is 0 Å². The number of aromatic amines is 1. The van der Waals surface area contributed by atoms with Gasteiger partial charge in [-0.3, -0.25) is 10.00 Å². The molecule has 1 atom stereocenters. The maximum atomic E-state index is 12.7. The van der Waals surface area contributed by atoms with Crippen molar-refractivity contribution >= 4 is 28.4 Å². The molecule has 31 heavy (non-hydrogen) atoms. The summed E-state index contributed by atoms with van der Waals surface area (Å²) in [6.07, 6.45) is -1.87. The standard InChI is InChI=1S/C20H25F3N6O2/c21-20(22,23)11-28-4-1-14(10-28)29-9-12-7-15-17(8-16(12)25-19(29)30)26-27-18(15)24-13-2-5-31-6-3-13/h7-8,13-14H,1-6,9-11H2,(H,25,30)(H2,24,26,27). The van der Waals surface area contributed by atoms with Crippen LogP contribution in [0.25, 0.3) is 10.9 Å². The van der Waals surface area contributed by atoms with Crippen LogP contribution in [0.3, 0.4) is 0 Å². The second-order valence-electron chi connectivity index (χ2n) is 8.51. The Labute approximate surface area is 177 Å². The highest BCUT2D eigenvalue weighted by Crippen LogP contribution is 2.33. The second kappa shape index (κ2) is 7.86. The third kappa shape index (κ3) is 4.29. The number of hydrogen-bond donors (Lipinski definition) is 3. The number of alkyl halides is 3. The van der Waals surface area contributed by atoms with E-state index in [-0.39, 0.29) is 18.6 Å². The maximum Gasteiger partial charge on any atom is 0.401 e. The predicted molar refractivity (Wildman–Crippen MR) is 109 cm³/mol. The molecule has 2 aromatic rings. The van der Waals surface area contributed by atoms with Crippen molar-refractivity contribution in [3.63, 3.8) is 0 Å². The zero-order chi connectivity index (χ0) is 21.6. The van der Waals surface area contributed by atoms with Crippen molar-refractivity contribution in [2.24, 2.45) is 0 Å². The van der Waals surface area contributed by atoms with E-state index in [4.69, 9.17) is 4.74 Å². The van der Waals surface area contributed by atoms with Crippen LogP contribution in [0.5, 0.6) is 0 Å². The smallest absolute Gasteiger partial charge is 0.381 e. The minimum atomic E-state index is -4.23. The summed E-state index contributed by atoms with van der Waals surface area (Å²) in [6.45, 7) is 1.44. The summed E-state index contributed by atoms with van der Waals surface area (Å²) in [7, 11) is 0. The van der Waals surface area contributed by atoms with Crippen LogP contribution in [-0.2, 0) is 11.3 Å². The van der Waals surface area contributed by atoms with Gasteiger partial charge >= 0.3 is 12.2 Å². The lowest BCUT2D eigenvalue weighted by molar-refractivity contribution is -0.143. The molecule has 2 amide bonds. The summed E-state index contributed by atoms with van der Waals surface area (Å²) in [6, 6.07) is 3.66. The van der Waals surface area contributed by atoms with E-state index in [1.54, 1.807) is 4.90 Å². The van der Waals surface area contributed by atoms with E-state index in [1.165, 1.54) is 4.90 Å². The number of fused-ring (bicyclic) bond motifs is 2. The Morgan fingerprint density at radius 1 is 1.23 bits per heavy atom. The number of rotatable bonds is 4. The summed E-state index contributed by atoms with van der Waals surface area (Å²) in [5, 5.41) is 14.7. The number of hydrogen-bond acceptors (Lipinski definition) is 5. The number of benzene rings is 1. The molecule has 1 unspecified atom stereocenters. The van der Waals surface area contributed by atoms with Crippen LogP contribution in [0.1, 0.15) is 24.8 Å². The Kier molecular flexibility index (Phi) is 5.17. The minimum Gasteiger partial charge on any atom is -0.381 e. The van der Waals surface area contributed by atoms with E-state index in [0.29, 0.717) is 31.2 Å². The fraction of sp³-hybridized carbons (Fsp3) is 0.600. The normalized spacial score (nSPS) is 23.3. The molecular formula is C20H25F3N6O2. The lowest BCUT2D eigenvalue weighted by Crippen LogP contribution is -2.46. The van der Waals surface area contributed by atoms with Gasteiger partial charge in [-0.15, -0.1) is 0 Å². The van der Waals surface area contributed by atoms with Crippen molar-refractivity contribution in [2.75, 3.05) is 43.5 Å². The first-order valence-corrected chi connectivity index (χ1v) is 10.6. The number of halogens is 3. The lowest BCUT2D eigenvalue weighted by Gasteiger charge is -2.34. The molecule has 168 valence electrons. The van der Waals surface area contributed by atoms with E-state index in [2.05, 4.69) is 20.8 Å². The van der Waals surface area contributed by atoms with Gasteiger partial charge in [0.25, 0.3) is 0 Å². The van der Waals surface area contributed by atoms with E-state index in [9.17, 15) is 18.0 Å². The molecule has 1 aromatic heterocycles. The zero-order valence-electron chi connectivity index (χ0n) is 17.0. The zero-order valence-corrected chi connectivity index (χ0v) is 17.0. The molecule has 3 aliphatic rings. The van der Waals surface area contributed by atoms with E-state index in [0.717, 1.165) is 48.3 Å². The van der Waals surface area contributed by atoms with Crippen molar-refractivity contribution < 1.29 is 22.7 Å². The van der Waals surface area contributed by atoms with Crippen molar-refractivity contribution in [3.05, 3.63) is 17.7 Å². The Hall–Kier alpha value is -2.53. The molecule has 3 N–H and O–H groups in total. The van der Waals surface area contributed by atoms with Crippen molar-refractivity contribution in [3.8, 4) is 0 Å². The quantitative estimate of drug-likeness (QED) is 0.683. The largest absolute Gasteiger partial charge is 0.401 e. The van der Waals surface area contributed by atoms with Gasteiger partial charge in [0.05, 0.1) is 12.1 Å². The van der Waals surface area contributed by atoms with Gasteiger partial charge in [0.15, 0.2) is 5.82 Å². The fourth-order valence-corrected chi connectivity index (χ4v) is 4.70. The topological polar surface area (TPSA) is 85.5 Å². The average molecular weight is 438 g/mol. The molecular weight excluding hydrogens is 413 g/mol. The highest BCUT2D eigenvalue weighted by atomic mass is 19.4. The number of H-pyrrole nitrogens is 1. The number of urea groups is 1. The third-order valence-electron chi connectivity index (χ3n) is 6.28. The molecule has 2 fully saturated rings. The maximum absolute atomic E-state index is 12.7. The van der Waals surface area contributed by atoms with Gasteiger partial charge in [0, 0.05) is 56.0 Å². The van der Waals surface area contributed by atoms with Gasteiger partial charge in [-0.2, -0.15) is 18.3 Å². The number of carbonyl (C=O) groups excluding carboxylic acids is 1. The van der Waals surface area contributed by atoms with Crippen LogP contribution in [-0.4, -0.2) is 77.1 Å². The van der Waals surface area contributed by atoms with Gasteiger partial charge in [-0.25, -0.2) is 4.79 Å². The van der Waals surface area contributed by atoms with Crippen LogP contribution >= 0.6 is 0 Å². The van der Waals surface area contributed by atoms with Crippen LogP contribution in [0, 0.1) is 0 Å². The fourth-order valence-electron chi connectivity index (χ4n) is 4.70. The molecule has 5 rings (SSSR count). The van der Waals surface area contributed by atoms with Crippen LogP contribution in [0.15, 0.2) is 12.1 Å². The molecule has 0 spiro atoms. The molecule has 3 aliphatic heterocycles. The van der Waals surface area contributed by atoms with E-state index < -0.39 is 12.7 Å². The van der Waals surface area contributed by atoms with E-state index >= 15 is 0 Å². The van der Waals surface area contributed by atoms with Crippen molar-refractivity contribution in [1.29, 1.82) is 0 Å². The predicted octanol–water partition coefficient (Wildman–Crippen LogP) is 3.14. The Balaban J connectivity index is 1.33. The first-order chi connectivity index (χ1) is 14.9. The Morgan fingerprint density at radius 2 is 2.03 bits per heavy atom. The molecule has 11 heteroatoms. The highest BCUT2D eigenvalue weighted by molar-refractivity contribution is 5.99. The highest BCUT2D eigenvalue weighted by Gasteiger charge is 2.38. The average Bonchev–Trinajstić information content (AvgIpc) is 3.32. The number of carbonyl (C=O) groups is 1. The van der Waals surface area contributed by atoms with Crippen molar-refractivity contribution in [1.82, 2.24) is 20.0 Å². The van der Waals surface area contributed by atoms with Gasteiger partial charge in [-0.05, 0) is 37.0 Å². The SMILES string of the molecule is O=C1Nc2cc3[nH]nc(NC4CCOCC4)c3cc2CN1C1CCN(CC(F)(F)F)C1. The minimum absolute atomic E-state index is 0.229.